The minimum atomic E-state index is 0.545. The quantitative estimate of drug-likeness (QED) is 0.572. The highest BCUT2D eigenvalue weighted by Gasteiger charge is 2.31. The predicted molar refractivity (Wildman–Crippen MR) is 74.1 cm³/mol. The van der Waals surface area contributed by atoms with Crippen LogP contribution in [0.4, 0.5) is 11.6 Å². The Morgan fingerprint density at radius 1 is 1.26 bits per heavy atom. The molecule has 0 saturated heterocycles. The van der Waals surface area contributed by atoms with Gasteiger partial charge >= 0.3 is 0 Å². The van der Waals surface area contributed by atoms with Crippen LogP contribution in [0, 0.1) is 11.8 Å². The van der Waals surface area contributed by atoms with Gasteiger partial charge < -0.3 is 15.1 Å². The largest absolute Gasteiger partial charge is 0.490 e. The number of hydrogen-bond donors (Lipinski definition) is 2. The van der Waals surface area contributed by atoms with Gasteiger partial charge in [-0.2, -0.15) is 0 Å². The van der Waals surface area contributed by atoms with Gasteiger partial charge in [-0.1, -0.05) is 0 Å². The van der Waals surface area contributed by atoms with E-state index in [9.17, 15) is 0 Å². The Labute approximate surface area is 113 Å². The normalized spacial score (nSPS) is 18.2. The fraction of sp³-hybridized carbons (Fsp3) is 0.692. The molecule has 1 aromatic heterocycles. The van der Waals surface area contributed by atoms with E-state index >= 15 is 0 Å². The predicted octanol–water partition coefficient (Wildman–Crippen LogP) is 1.40. The van der Waals surface area contributed by atoms with Crippen LogP contribution in [0.2, 0.25) is 0 Å². The van der Waals surface area contributed by atoms with Gasteiger partial charge in [-0.05, 0) is 37.5 Å². The summed E-state index contributed by atoms with van der Waals surface area (Å²) in [5.41, 5.74) is 2.58. The molecule has 2 aliphatic rings. The van der Waals surface area contributed by atoms with Gasteiger partial charge in [-0.25, -0.2) is 15.8 Å². The molecular formula is C13H21N5O. The number of anilines is 2. The molecule has 1 aromatic rings. The van der Waals surface area contributed by atoms with E-state index in [0.717, 1.165) is 30.7 Å². The Bertz CT molecular complexity index is 431. The summed E-state index contributed by atoms with van der Waals surface area (Å²) in [6, 6.07) is 0. The van der Waals surface area contributed by atoms with E-state index in [0.29, 0.717) is 11.6 Å². The third-order valence-electron chi connectivity index (χ3n) is 3.78. The Hall–Kier alpha value is -1.56. The molecule has 3 rings (SSSR count). The topological polar surface area (TPSA) is 76.3 Å². The summed E-state index contributed by atoms with van der Waals surface area (Å²) in [7, 11) is 1.63. The van der Waals surface area contributed by atoms with E-state index in [2.05, 4.69) is 20.3 Å². The van der Waals surface area contributed by atoms with Crippen molar-refractivity contribution in [3.8, 4) is 5.75 Å². The summed E-state index contributed by atoms with van der Waals surface area (Å²) < 4.78 is 5.44. The van der Waals surface area contributed by atoms with E-state index < -0.39 is 0 Å². The maximum atomic E-state index is 5.48. The molecule has 0 bridgehead atoms. The minimum absolute atomic E-state index is 0.545. The Morgan fingerprint density at radius 3 is 2.37 bits per heavy atom. The average molecular weight is 263 g/mol. The van der Waals surface area contributed by atoms with Crippen molar-refractivity contribution in [1.29, 1.82) is 0 Å². The summed E-state index contributed by atoms with van der Waals surface area (Å²) in [6.45, 7) is 2.13. The molecule has 19 heavy (non-hydrogen) atoms. The fourth-order valence-corrected chi connectivity index (χ4v) is 2.35. The van der Waals surface area contributed by atoms with Crippen molar-refractivity contribution in [3.63, 3.8) is 0 Å². The number of rotatable bonds is 7. The fourth-order valence-electron chi connectivity index (χ4n) is 2.35. The third kappa shape index (κ3) is 2.89. The monoisotopic (exact) mass is 263 g/mol. The number of hydrogen-bond acceptors (Lipinski definition) is 6. The van der Waals surface area contributed by atoms with Crippen molar-refractivity contribution in [1.82, 2.24) is 9.97 Å². The van der Waals surface area contributed by atoms with Crippen molar-refractivity contribution < 1.29 is 4.74 Å². The van der Waals surface area contributed by atoms with E-state index in [4.69, 9.17) is 10.6 Å². The third-order valence-corrected chi connectivity index (χ3v) is 3.78. The second-order valence-corrected chi connectivity index (χ2v) is 5.52. The molecule has 0 spiro atoms. The molecule has 104 valence electrons. The first kappa shape index (κ1) is 12.5. The van der Waals surface area contributed by atoms with Crippen molar-refractivity contribution in [3.05, 3.63) is 6.33 Å². The summed E-state index contributed by atoms with van der Waals surface area (Å²) in [5, 5.41) is 0. The van der Waals surface area contributed by atoms with Gasteiger partial charge in [-0.15, -0.1) is 0 Å². The number of nitrogens with two attached hydrogens (primary N) is 1. The zero-order chi connectivity index (χ0) is 13.2. The lowest BCUT2D eigenvalue weighted by Gasteiger charge is -2.25. The molecule has 0 unspecified atom stereocenters. The summed E-state index contributed by atoms with van der Waals surface area (Å²) in [4.78, 5) is 10.9. The second kappa shape index (κ2) is 5.21. The summed E-state index contributed by atoms with van der Waals surface area (Å²) >= 11 is 0. The molecule has 6 heteroatoms. The van der Waals surface area contributed by atoms with Gasteiger partial charge in [0.2, 0.25) is 5.75 Å². The minimum Gasteiger partial charge on any atom is -0.490 e. The zero-order valence-corrected chi connectivity index (χ0v) is 11.3. The van der Waals surface area contributed by atoms with Crippen LogP contribution < -0.4 is 20.9 Å². The summed E-state index contributed by atoms with van der Waals surface area (Å²) in [5.74, 6) is 9.16. The SMILES string of the molecule is COc1c(NN)ncnc1N(CC1CC1)CC1CC1. The Morgan fingerprint density at radius 2 is 1.89 bits per heavy atom. The lowest BCUT2D eigenvalue weighted by Crippen LogP contribution is -2.29. The van der Waals surface area contributed by atoms with Crippen LogP contribution in [0.25, 0.3) is 0 Å². The number of ether oxygens (including phenoxy) is 1. The molecule has 1 heterocycles. The number of nitrogen functional groups attached to an aromatic ring is 1. The molecule has 0 aliphatic heterocycles. The van der Waals surface area contributed by atoms with Gasteiger partial charge in [0, 0.05) is 13.1 Å². The van der Waals surface area contributed by atoms with E-state index in [1.807, 2.05) is 0 Å². The van der Waals surface area contributed by atoms with Gasteiger partial charge in [0.15, 0.2) is 11.6 Å². The molecule has 6 nitrogen and oxygen atoms in total. The van der Waals surface area contributed by atoms with Gasteiger partial charge in [0.05, 0.1) is 7.11 Å². The van der Waals surface area contributed by atoms with Crippen LogP contribution in [-0.2, 0) is 0 Å². The molecule has 2 aliphatic carbocycles. The van der Waals surface area contributed by atoms with Gasteiger partial charge in [0.1, 0.15) is 6.33 Å². The highest BCUT2D eigenvalue weighted by molar-refractivity contribution is 5.64. The maximum absolute atomic E-state index is 5.48. The highest BCUT2D eigenvalue weighted by atomic mass is 16.5. The lowest BCUT2D eigenvalue weighted by atomic mass is 10.3. The Kier molecular flexibility index (Phi) is 3.42. The maximum Gasteiger partial charge on any atom is 0.205 e. The first-order valence-electron chi connectivity index (χ1n) is 6.92. The zero-order valence-electron chi connectivity index (χ0n) is 11.3. The van der Waals surface area contributed by atoms with Crippen LogP contribution in [0.15, 0.2) is 6.33 Å². The second-order valence-electron chi connectivity index (χ2n) is 5.52. The van der Waals surface area contributed by atoms with E-state index in [1.165, 1.54) is 25.7 Å². The van der Waals surface area contributed by atoms with Gasteiger partial charge in [0.25, 0.3) is 0 Å². The van der Waals surface area contributed by atoms with E-state index in [1.54, 1.807) is 13.4 Å². The Balaban J connectivity index is 1.85. The van der Waals surface area contributed by atoms with Crippen molar-refractivity contribution >= 4 is 11.6 Å². The van der Waals surface area contributed by atoms with Crippen LogP contribution in [-0.4, -0.2) is 30.2 Å². The summed E-state index contributed by atoms with van der Waals surface area (Å²) in [6.07, 6.45) is 6.86. The molecule has 0 amide bonds. The average Bonchev–Trinajstić information content (AvgIpc) is 3.32. The molecule has 0 aromatic carbocycles. The lowest BCUT2D eigenvalue weighted by molar-refractivity contribution is 0.411. The van der Waals surface area contributed by atoms with Crippen molar-refractivity contribution in [2.24, 2.45) is 17.7 Å². The molecule has 0 radical (unpaired) electrons. The standard InChI is InChI=1S/C13H21N5O/c1-19-11-12(17-14)15-8-16-13(11)18(6-9-2-3-9)7-10-4-5-10/h8-10H,2-7,14H2,1H3,(H,15,16,17). The first-order chi connectivity index (χ1) is 9.31. The molecule has 3 N–H and O–H groups in total. The molecule has 2 saturated carbocycles. The number of methoxy groups -OCH3 is 1. The van der Waals surface area contributed by atoms with Crippen molar-refractivity contribution in [2.75, 3.05) is 30.5 Å². The number of nitrogens with zero attached hydrogens (tertiary/aromatic N) is 3. The van der Waals surface area contributed by atoms with Gasteiger partial charge in [-0.3, -0.25) is 0 Å². The number of aromatic nitrogens is 2. The van der Waals surface area contributed by atoms with Crippen LogP contribution in [0.3, 0.4) is 0 Å². The number of nitrogens with one attached hydrogen (secondary N) is 1. The van der Waals surface area contributed by atoms with Crippen LogP contribution in [0.1, 0.15) is 25.7 Å². The number of hydrazine groups is 1. The van der Waals surface area contributed by atoms with E-state index in [-0.39, 0.29) is 0 Å². The first-order valence-corrected chi connectivity index (χ1v) is 6.92. The smallest absolute Gasteiger partial charge is 0.205 e. The van der Waals surface area contributed by atoms with Crippen LogP contribution in [0.5, 0.6) is 5.75 Å². The molecule has 2 fully saturated rings. The van der Waals surface area contributed by atoms with Crippen molar-refractivity contribution in [2.45, 2.75) is 25.7 Å². The molecule has 0 atom stereocenters. The highest BCUT2D eigenvalue weighted by Crippen LogP contribution is 2.39. The van der Waals surface area contributed by atoms with Crippen LogP contribution >= 0.6 is 0 Å². The molecular weight excluding hydrogens is 242 g/mol.